The van der Waals surface area contributed by atoms with E-state index < -0.39 is 11.6 Å². The Bertz CT molecular complexity index is 1130. The number of aromatic nitrogens is 4. The summed E-state index contributed by atoms with van der Waals surface area (Å²) in [6, 6.07) is 1.09. The second-order valence-corrected chi connectivity index (χ2v) is 8.27. The van der Waals surface area contributed by atoms with Gasteiger partial charge in [-0.25, -0.2) is 23.7 Å². The number of pyridine rings is 1. The number of esters is 1. The number of hydrogen-bond donors (Lipinski definition) is 2. The highest BCUT2D eigenvalue weighted by Crippen LogP contribution is 2.46. The summed E-state index contributed by atoms with van der Waals surface area (Å²) in [7, 11) is 0. The molecule has 9 heteroatoms. The fraction of sp³-hybridized carbons (Fsp3) is 0.455. The molecule has 0 amide bonds. The molecule has 3 heterocycles. The third-order valence-corrected chi connectivity index (χ3v) is 6.56. The zero-order chi connectivity index (χ0) is 21.5. The van der Waals surface area contributed by atoms with Gasteiger partial charge in [-0.05, 0) is 50.5 Å². The second kappa shape index (κ2) is 7.86. The lowest BCUT2D eigenvalue weighted by molar-refractivity contribution is -0.154. The minimum Gasteiger partial charge on any atom is -0.466 e. The topological polar surface area (TPSA) is 92.8 Å². The van der Waals surface area contributed by atoms with Crippen molar-refractivity contribution in [1.29, 1.82) is 0 Å². The number of aromatic amines is 1. The quantitative estimate of drug-likeness (QED) is 0.596. The van der Waals surface area contributed by atoms with Gasteiger partial charge in [0.25, 0.3) is 0 Å². The highest BCUT2D eigenvalue weighted by Gasteiger charge is 2.48. The molecule has 2 atom stereocenters. The van der Waals surface area contributed by atoms with Crippen molar-refractivity contribution in [3.8, 4) is 11.4 Å². The van der Waals surface area contributed by atoms with Crippen molar-refractivity contribution in [3.63, 3.8) is 0 Å². The molecule has 2 bridgehead atoms. The number of fused-ring (bicyclic) bond motifs is 4. The normalized spacial score (nSPS) is 25.0. The van der Waals surface area contributed by atoms with Crippen LogP contribution < -0.4 is 5.32 Å². The van der Waals surface area contributed by atoms with Crippen LogP contribution in [0.3, 0.4) is 0 Å². The van der Waals surface area contributed by atoms with Gasteiger partial charge in [0.1, 0.15) is 11.5 Å². The summed E-state index contributed by atoms with van der Waals surface area (Å²) < 4.78 is 33.7. The Hall–Kier alpha value is -3.10. The lowest BCUT2D eigenvalue weighted by Crippen LogP contribution is -2.52. The van der Waals surface area contributed by atoms with E-state index in [-0.39, 0.29) is 41.4 Å². The predicted octanol–water partition coefficient (Wildman–Crippen LogP) is 4.08. The fourth-order valence-corrected chi connectivity index (χ4v) is 5.15. The number of ether oxygens (including phenoxy) is 1. The van der Waals surface area contributed by atoms with Crippen LogP contribution in [0.4, 0.5) is 14.6 Å². The molecule has 0 unspecified atom stereocenters. The first-order valence-electron chi connectivity index (χ1n) is 10.6. The summed E-state index contributed by atoms with van der Waals surface area (Å²) in [5.41, 5.74) is 1.02. The van der Waals surface area contributed by atoms with E-state index in [1.54, 1.807) is 13.1 Å². The number of nitrogens with zero attached hydrogens (tertiary/aromatic N) is 3. The first kappa shape index (κ1) is 19.8. The van der Waals surface area contributed by atoms with E-state index in [4.69, 9.17) is 4.74 Å². The van der Waals surface area contributed by atoms with Gasteiger partial charge in [-0.15, -0.1) is 0 Å². The Morgan fingerprint density at radius 3 is 2.74 bits per heavy atom. The van der Waals surface area contributed by atoms with Crippen molar-refractivity contribution in [2.24, 2.45) is 17.8 Å². The van der Waals surface area contributed by atoms with Gasteiger partial charge in [-0.1, -0.05) is 0 Å². The van der Waals surface area contributed by atoms with Gasteiger partial charge >= 0.3 is 5.97 Å². The fourth-order valence-electron chi connectivity index (χ4n) is 5.15. The molecule has 2 N–H and O–H groups in total. The maximum Gasteiger partial charge on any atom is 0.311 e. The van der Waals surface area contributed by atoms with Gasteiger partial charge in [-0.3, -0.25) is 4.79 Å². The predicted molar refractivity (Wildman–Crippen MR) is 110 cm³/mol. The number of carbonyl (C=O) groups excluding carboxylic acids is 1. The van der Waals surface area contributed by atoms with E-state index >= 15 is 0 Å². The lowest BCUT2D eigenvalue weighted by atomic mass is 9.61. The molecule has 6 rings (SSSR count). The Kier molecular flexibility index (Phi) is 5.03. The number of anilines is 1. The molecule has 3 saturated carbocycles. The summed E-state index contributed by atoms with van der Waals surface area (Å²) in [5, 5.41) is 3.72. The van der Waals surface area contributed by atoms with Gasteiger partial charge in [0.05, 0.1) is 24.9 Å². The molecule has 0 aliphatic heterocycles. The average Bonchev–Trinajstić information content (AvgIpc) is 3.19. The summed E-state index contributed by atoms with van der Waals surface area (Å²) in [6.07, 6.45) is 7.79. The molecule has 162 valence electrons. The molecule has 3 aromatic heterocycles. The molecule has 0 radical (unpaired) electrons. The molecular formula is C22H23F2N5O2. The zero-order valence-corrected chi connectivity index (χ0v) is 17.1. The van der Waals surface area contributed by atoms with E-state index in [1.807, 2.05) is 0 Å². The van der Waals surface area contributed by atoms with Crippen LogP contribution in [0, 0.1) is 29.4 Å². The van der Waals surface area contributed by atoms with Gasteiger partial charge in [-0.2, -0.15) is 0 Å². The van der Waals surface area contributed by atoms with E-state index in [0.717, 1.165) is 38.1 Å². The van der Waals surface area contributed by atoms with Crippen LogP contribution in [0.15, 0.2) is 24.7 Å². The van der Waals surface area contributed by atoms with Crippen molar-refractivity contribution in [2.45, 2.75) is 38.6 Å². The Balaban J connectivity index is 1.49. The monoisotopic (exact) mass is 427 g/mol. The zero-order valence-electron chi connectivity index (χ0n) is 17.1. The van der Waals surface area contributed by atoms with Crippen LogP contribution in [-0.2, 0) is 9.53 Å². The molecule has 0 aromatic carbocycles. The first-order chi connectivity index (χ1) is 15.0. The number of carbonyl (C=O) groups is 1. The third kappa shape index (κ3) is 3.51. The van der Waals surface area contributed by atoms with Gasteiger partial charge in [0.15, 0.2) is 17.5 Å². The van der Waals surface area contributed by atoms with Crippen LogP contribution in [0.5, 0.6) is 0 Å². The minimum absolute atomic E-state index is 0.0376. The number of halogens is 2. The second-order valence-electron chi connectivity index (χ2n) is 8.27. The van der Waals surface area contributed by atoms with Gasteiger partial charge < -0.3 is 15.0 Å². The van der Waals surface area contributed by atoms with Crippen molar-refractivity contribution in [2.75, 3.05) is 11.9 Å². The molecule has 0 spiro atoms. The molecule has 3 aliphatic carbocycles. The van der Waals surface area contributed by atoms with Crippen LogP contribution in [0.1, 0.15) is 32.6 Å². The standard InChI is InChI=1S/C22H23F2N5O2/c1-2-31-22(30)17-11-3-5-12(6-4-11)18(17)28-21-16(24)10-27-20(29-21)15-9-26-19-14(15)7-13(23)8-25-19/h7-12,17-18H,2-6H2,1H3,(H,25,26)(H,27,28,29)/t11-,12+,17-,18-/m0/s1. The number of H-pyrrole nitrogens is 1. The van der Waals surface area contributed by atoms with E-state index in [9.17, 15) is 13.6 Å². The van der Waals surface area contributed by atoms with Crippen molar-refractivity contribution in [1.82, 2.24) is 19.9 Å². The van der Waals surface area contributed by atoms with Gasteiger partial charge in [0, 0.05) is 23.2 Å². The van der Waals surface area contributed by atoms with Crippen molar-refractivity contribution < 1.29 is 18.3 Å². The average molecular weight is 427 g/mol. The van der Waals surface area contributed by atoms with E-state index in [1.165, 1.54) is 6.07 Å². The Morgan fingerprint density at radius 2 is 1.97 bits per heavy atom. The molecule has 3 aliphatic rings. The Morgan fingerprint density at radius 1 is 1.19 bits per heavy atom. The third-order valence-electron chi connectivity index (χ3n) is 6.56. The number of hydrogen-bond acceptors (Lipinski definition) is 6. The van der Waals surface area contributed by atoms with Crippen LogP contribution in [0.25, 0.3) is 22.4 Å². The van der Waals surface area contributed by atoms with Gasteiger partial charge in [0.2, 0.25) is 0 Å². The minimum atomic E-state index is -0.600. The van der Waals surface area contributed by atoms with Crippen LogP contribution in [0.2, 0.25) is 0 Å². The summed E-state index contributed by atoms with van der Waals surface area (Å²) in [6.45, 7) is 2.10. The molecule has 3 aromatic rings. The summed E-state index contributed by atoms with van der Waals surface area (Å²) in [4.78, 5) is 28.1. The Labute approximate surface area is 177 Å². The highest BCUT2D eigenvalue weighted by atomic mass is 19.1. The SMILES string of the molecule is CCOC(=O)[C@H]1[C@H]2CC[C@H](CC2)[C@@H]1Nc1nc(-c2c[nH]c3ncc(F)cc23)ncc1F. The summed E-state index contributed by atoms with van der Waals surface area (Å²) in [5.74, 6) is -0.871. The van der Waals surface area contributed by atoms with E-state index in [0.29, 0.717) is 23.2 Å². The van der Waals surface area contributed by atoms with E-state index in [2.05, 4.69) is 25.3 Å². The van der Waals surface area contributed by atoms with Crippen LogP contribution in [-0.4, -0.2) is 38.6 Å². The number of nitrogens with one attached hydrogen (secondary N) is 2. The first-order valence-corrected chi connectivity index (χ1v) is 10.6. The molecule has 3 fully saturated rings. The highest BCUT2D eigenvalue weighted by molar-refractivity contribution is 5.91. The maximum atomic E-state index is 14.7. The lowest BCUT2D eigenvalue weighted by Gasteiger charge is -2.47. The van der Waals surface area contributed by atoms with Crippen molar-refractivity contribution in [3.05, 3.63) is 36.3 Å². The largest absolute Gasteiger partial charge is 0.466 e. The summed E-state index contributed by atoms with van der Waals surface area (Å²) >= 11 is 0. The molecule has 31 heavy (non-hydrogen) atoms. The molecule has 0 saturated heterocycles. The maximum absolute atomic E-state index is 14.7. The van der Waals surface area contributed by atoms with Crippen molar-refractivity contribution >= 4 is 22.8 Å². The van der Waals surface area contributed by atoms with Crippen LogP contribution >= 0.6 is 0 Å². The smallest absolute Gasteiger partial charge is 0.311 e. The number of rotatable bonds is 5. The molecular weight excluding hydrogens is 404 g/mol. The molecule has 7 nitrogen and oxygen atoms in total.